The first-order valence-corrected chi connectivity index (χ1v) is 12.7. The molecule has 4 aliphatic rings. The lowest BCUT2D eigenvalue weighted by molar-refractivity contribution is -0.306. The quantitative estimate of drug-likeness (QED) is 0.370. The molecule has 10 unspecified atom stereocenters. The van der Waals surface area contributed by atoms with Gasteiger partial charge in [0, 0.05) is 11.8 Å². The van der Waals surface area contributed by atoms with Crippen molar-refractivity contribution in [2.75, 3.05) is 13.2 Å². The highest BCUT2D eigenvalue weighted by Gasteiger charge is 2.57. The van der Waals surface area contributed by atoms with Crippen LogP contribution in [0.15, 0.2) is 11.6 Å². The van der Waals surface area contributed by atoms with E-state index >= 15 is 0 Å². The minimum absolute atomic E-state index is 0.0839. The van der Waals surface area contributed by atoms with Gasteiger partial charge in [0.15, 0.2) is 6.29 Å². The Morgan fingerprint density at radius 3 is 2.50 bits per heavy atom. The molecule has 0 aromatic heterocycles. The number of hydrogen-bond acceptors (Lipinski definition) is 8. The van der Waals surface area contributed by atoms with Gasteiger partial charge in [-0.2, -0.15) is 0 Å². The van der Waals surface area contributed by atoms with Crippen molar-refractivity contribution in [3.05, 3.63) is 11.6 Å². The van der Waals surface area contributed by atoms with Crippen molar-refractivity contribution in [2.45, 2.75) is 103 Å². The lowest BCUT2D eigenvalue weighted by atomic mass is 9.45. The summed E-state index contributed by atoms with van der Waals surface area (Å²) in [6.45, 7) is 7.98. The number of carbonyl (C=O) groups excluding carboxylic acids is 1. The highest BCUT2D eigenvalue weighted by atomic mass is 16.7. The minimum atomic E-state index is -1.51. The molecular weight excluding hydrogens is 440 g/mol. The minimum Gasteiger partial charge on any atom is -0.394 e. The van der Waals surface area contributed by atoms with Gasteiger partial charge in [0.05, 0.1) is 19.3 Å². The van der Waals surface area contributed by atoms with E-state index in [1.807, 2.05) is 6.92 Å². The molecule has 8 heteroatoms. The Labute approximate surface area is 202 Å². The monoisotopic (exact) mass is 482 g/mol. The standard InChI is InChI=1S/C26H42O8/c1-24(2)17-6-5-14-11-25(3,9-7-15(14)26(17,4)10-8-18(24)28)19(29)13-33-23-22(32)21(31)20(30)16(12-27)34-23/h5,15-17,19-23,27,29-32H,6-13H2,1-4H3. The van der Waals surface area contributed by atoms with Crippen LogP contribution >= 0.6 is 0 Å². The maximum Gasteiger partial charge on any atom is 0.186 e. The summed E-state index contributed by atoms with van der Waals surface area (Å²) in [6.07, 6.45) is -0.310. The van der Waals surface area contributed by atoms with Crippen molar-refractivity contribution in [1.82, 2.24) is 0 Å². The fourth-order valence-electron chi connectivity index (χ4n) is 7.33. The fourth-order valence-corrected chi connectivity index (χ4v) is 7.33. The molecule has 4 rings (SSSR count). The van der Waals surface area contributed by atoms with Crippen molar-refractivity contribution in [1.29, 1.82) is 0 Å². The van der Waals surface area contributed by atoms with Gasteiger partial charge in [-0.15, -0.1) is 0 Å². The summed E-state index contributed by atoms with van der Waals surface area (Å²) in [5, 5.41) is 50.6. The largest absolute Gasteiger partial charge is 0.394 e. The van der Waals surface area contributed by atoms with E-state index in [1.54, 1.807) is 0 Å². The second-order valence-corrected chi connectivity index (χ2v) is 12.2. The molecular formula is C26H42O8. The maximum absolute atomic E-state index is 12.6. The molecule has 0 aromatic rings. The third kappa shape index (κ3) is 4.19. The summed E-state index contributed by atoms with van der Waals surface area (Å²) in [6, 6.07) is 0. The number of ketones is 1. The highest BCUT2D eigenvalue weighted by molar-refractivity contribution is 5.85. The predicted octanol–water partition coefficient (Wildman–Crippen LogP) is 1.31. The van der Waals surface area contributed by atoms with Gasteiger partial charge in [0.1, 0.15) is 30.2 Å². The van der Waals surface area contributed by atoms with Gasteiger partial charge in [0.2, 0.25) is 0 Å². The normalized spacial score (nSPS) is 47.4. The second kappa shape index (κ2) is 9.21. The molecule has 0 spiro atoms. The molecule has 1 aliphatic heterocycles. The number of fused-ring (bicyclic) bond motifs is 3. The summed E-state index contributed by atoms with van der Waals surface area (Å²) >= 11 is 0. The third-order valence-corrected chi connectivity index (χ3v) is 9.82. The van der Waals surface area contributed by atoms with Gasteiger partial charge in [-0.05, 0) is 54.8 Å². The topological polar surface area (TPSA) is 137 Å². The van der Waals surface area contributed by atoms with Crippen LogP contribution in [0.2, 0.25) is 0 Å². The Hall–Kier alpha value is -0.870. The van der Waals surface area contributed by atoms with E-state index in [4.69, 9.17) is 9.47 Å². The zero-order valence-electron chi connectivity index (χ0n) is 20.8. The van der Waals surface area contributed by atoms with Crippen molar-refractivity contribution in [3.63, 3.8) is 0 Å². The highest BCUT2D eigenvalue weighted by Crippen LogP contribution is 2.63. The molecule has 3 fully saturated rings. The Morgan fingerprint density at radius 2 is 1.82 bits per heavy atom. The van der Waals surface area contributed by atoms with Crippen LogP contribution in [0.25, 0.3) is 0 Å². The van der Waals surface area contributed by atoms with Crippen molar-refractivity contribution in [3.8, 4) is 0 Å². The third-order valence-electron chi connectivity index (χ3n) is 9.82. The summed E-state index contributed by atoms with van der Waals surface area (Å²) in [4.78, 5) is 12.6. The maximum atomic E-state index is 12.6. The Balaban J connectivity index is 1.43. The predicted molar refractivity (Wildman–Crippen MR) is 123 cm³/mol. The molecule has 34 heavy (non-hydrogen) atoms. The first kappa shape index (κ1) is 26.2. The van der Waals surface area contributed by atoms with Crippen molar-refractivity contribution >= 4 is 5.78 Å². The summed E-state index contributed by atoms with van der Waals surface area (Å²) in [5.74, 6) is 1.11. The molecule has 10 atom stereocenters. The number of ether oxygens (including phenoxy) is 2. The van der Waals surface area contributed by atoms with E-state index in [0.29, 0.717) is 24.0 Å². The van der Waals surface area contributed by atoms with Crippen molar-refractivity contribution < 1.29 is 39.8 Å². The van der Waals surface area contributed by atoms with E-state index in [9.17, 15) is 30.3 Å². The van der Waals surface area contributed by atoms with Gasteiger partial charge in [-0.3, -0.25) is 4.79 Å². The fraction of sp³-hybridized carbons (Fsp3) is 0.885. The number of allylic oxidation sites excluding steroid dienone is 2. The van der Waals surface area contributed by atoms with Crippen LogP contribution in [0.4, 0.5) is 0 Å². The van der Waals surface area contributed by atoms with E-state index in [1.165, 1.54) is 5.57 Å². The van der Waals surface area contributed by atoms with Crippen LogP contribution in [-0.2, 0) is 14.3 Å². The first-order chi connectivity index (χ1) is 15.8. The molecule has 5 N–H and O–H groups in total. The number of Topliss-reactive ketones (excluding diaryl/α,β-unsaturated/α-hetero) is 1. The molecule has 0 amide bonds. The van der Waals surface area contributed by atoms with Crippen LogP contribution < -0.4 is 0 Å². The number of rotatable bonds is 5. The van der Waals surface area contributed by atoms with Crippen LogP contribution in [0, 0.1) is 28.1 Å². The molecule has 1 heterocycles. The molecule has 8 nitrogen and oxygen atoms in total. The lowest BCUT2D eigenvalue weighted by Gasteiger charge is -2.59. The molecule has 0 aromatic carbocycles. The van der Waals surface area contributed by atoms with Crippen molar-refractivity contribution in [2.24, 2.45) is 28.1 Å². The van der Waals surface area contributed by atoms with E-state index in [0.717, 1.165) is 32.1 Å². The van der Waals surface area contributed by atoms with E-state index in [2.05, 4.69) is 26.8 Å². The summed E-state index contributed by atoms with van der Waals surface area (Å²) < 4.78 is 11.1. The number of aliphatic hydroxyl groups excluding tert-OH is 5. The SMILES string of the molecule is CC1(C(O)COC2OC(CO)C(O)C(O)C2O)CCC2C(=CCC3C(C)(C)C(=O)CCC23C)C1. The number of aliphatic hydroxyl groups is 5. The Bertz CT molecular complexity index is 809. The zero-order chi connectivity index (χ0) is 25.1. The lowest BCUT2D eigenvalue weighted by Crippen LogP contribution is -2.59. The molecule has 1 saturated heterocycles. The summed E-state index contributed by atoms with van der Waals surface area (Å²) in [7, 11) is 0. The average molecular weight is 483 g/mol. The van der Waals surface area contributed by atoms with Crippen LogP contribution in [0.3, 0.4) is 0 Å². The Morgan fingerprint density at radius 1 is 1.12 bits per heavy atom. The van der Waals surface area contributed by atoms with Crippen LogP contribution in [0.1, 0.15) is 66.2 Å². The average Bonchev–Trinajstić information content (AvgIpc) is 2.79. The number of hydrogen-bond donors (Lipinski definition) is 5. The summed E-state index contributed by atoms with van der Waals surface area (Å²) in [5.41, 5.74) is 0.721. The molecule has 194 valence electrons. The van der Waals surface area contributed by atoms with Crippen LogP contribution in [0.5, 0.6) is 0 Å². The van der Waals surface area contributed by atoms with E-state index < -0.39 is 48.8 Å². The van der Waals surface area contributed by atoms with Gasteiger partial charge < -0.3 is 35.0 Å². The molecule has 0 radical (unpaired) electrons. The smallest absolute Gasteiger partial charge is 0.186 e. The van der Waals surface area contributed by atoms with Gasteiger partial charge in [-0.25, -0.2) is 0 Å². The molecule has 3 aliphatic carbocycles. The van der Waals surface area contributed by atoms with Gasteiger partial charge in [-0.1, -0.05) is 39.3 Å². The number of carbonyl (C=O) groups is 1. The van der Waals surface area contributed by atoms with Crippen LogP contribution in [-0.4, -0.2) is 81.3 Å². The molecule has 0 bridgehead atoms. The Kier molecular flexibility index (Phi) is 7.10. The molecule has 2 saturated carbocycles. The van der Waals surface area contributed by atoms with E-state index in [-0.39, 0.29) is 17.4 Å². The first-order valence-electron chi connectivity index (χ1n) is 12.7. The zero-order valence-corrected chi connectivity index (χ0v) is 20.8. The van der Waals surface area contributed by atoms with Gasteiger partial charge in [0.25, 0.3) is 0 Å². The second-order valence-electron chi connectivity index (χ2n) is 12.2. The van der Waals surface area contributed by atoms with Gasteiger partial charge >= 0.3 is 0 Å².